The molecule has 1 unspecified atom stereocenters. The number of nitrogens with zero attached hydrogens (tertiary/aromatic N) is 1. The number of hydrogen-bond donors (Lipinski definition) is 0. The predicted octanol–water partition coefficient (Wildman–Crippen LogP) is 4.29. The molecule has 1 atom stereocenters. The summed E-state index contributed by atoms with van der Waals surface area (Å²) in [5, 5.41) is 0. The van der Waals surface area contributed by atoms with Crippen LogP contribution in [-0.4, -0.2) is 4.98 Å². The highest BCUT2D eigenvalue weighted by atomic mass is 19.1. The van der Waals surface area contributed by atoms with E-state index in [-0.39, 0.29) is 0 Å². The molecule has 0 aliphatic heterocycles. The van der Waals surface area contributed by atoms with E-state index in [0.29, 0.717) is 12.1 Å². The molecule has 0 saturated carbocycles. The minimum atomic E-state index is -1.51. The summed E-state index contributed by atoms with van der Waals surface area (Å²) < 4.78 is 15.1. The average Bonchev–Trinajstić information content (AvgIpc) is 2.49. The van der Waals surface area contributed by atoms with Crippen LogP contribution in [0.4, 0.5) is 4.39 Å². The Morgan fingerprint density at radius 3 is 2.53 bits per heavy atom. The monoisotopic (exact) mass is 251 g/mol. The third-order valence-corrected chi connectivity index (χ3v) is 3.34. The van der Waals surface area contributed by atoms with Gasteiger partial charge < -0.3 is 0 Å². The Bertz CT molecular complexity index is 616. The molecule has 1 aliphatic rings. The molecule has 1 heterocycles. The van der Waals surface area contributed by atoms with Crippen molar-refractivity contribution in [3.05, 3.63) is 84.2 Å². The Labute approximate surface area is 112 Å². The van der Waals surface area contributed by atoms with Crippen LogP contribution >= 0.6 is 0 Å². The first-order chi connectivity index (χ1) is 9.28. The summed E-state index contributed by atoms with van der Waals surface area (Å²) in [4.78, 5) is 4.15. The fraction of sp³-hybridized carbons (Fsp3) is 0.118. The van der Waals surface area contributed by atoms with Gasteiger partial charge in [-0.1, -0.05) is 48.6 Å². The third kappa shape index (κ3) is 2.34. The number of alkyl halides is 1. The molecule has 0 N–H and O–H groups in total. The van der Waals surface area contributed by atoms with Crippen molar-refractivity contribution in [3.63, 3.8) is 0 Å². The zero-order chi connectivity index (χ0) is 13.1. The molecule has 1 nitrogen and oxygen atoms in total. The van der Waals surface area contributed by atoms with E-state index < -0.39 is 5.67 Å². The lowest BCUT2D eigenvalue weighted by Gasteiger charge is -2.25. The van der Waals surface area contributed by atoms with Gasteiger partial charge >= 0.3 is 0 Å². The number of allylic oxidation sites excluding steroid dienone is 4. The van der Waals surface area contributed by atoms with Gasteiger partial charge in [-0.15, -0.1) is 0 Å². The average molecular weight is 251 g/mol. The van der Waals surface area contributed by atoms with Gasteiger partial charge in [0.25, 0.3) is 0 Å². The fourth-order valence-electron chi connectivity index (χ4n) is 2.35. The maximum Gasteiger partial charge on any atom is 0.175 e. The summed E-state index contributed by atoms with van der Waals surface area (Å²) in [6, 6.07) is 15.3. The summed E-state index contributed by atoms with van der Waals surface area (Å²) in [7, 11) is 0. The van der Waals surface area contributed by atoms with E-state index in [2.05, 4.69) is 4.98 Å². The number of hydrogen-bond acceptors (Lipinski definition) is 1. The summed E-state index contributed by atoms with van der Waals surface area (Å²) in [6.45, 7) is 0. The second-order valence-corrected chi connectivity index (χ2v) is 4.67. The Morgan fingerprint density at radius 1 is 1.00 bits per heavy atom. The second kappa shape index (κ2) is 4.81. The molecule has 0 fully saturated rings. The SMILES string of the molecule is FC1(c2ccccn2)C=CC=C(c2ccccc2)C1. The Hall–Kier alpha value is -2.22. The van der Waals surface area contributed by atoms with Gasteiger partial charge in [-0.2, -0.15) is 0 Å². The first-order valence-corrected chi connectivity index (χ1v) is 6.32. The smallest absolute Gasteiger partial charge is 0.175 e. The first kappa shape index (κ1) is 11.8. The zero-order valence-corrected chi connectivity index (χ0v) is 10.5. The minimum absolute atomic E-state index is 0.324. The first-order valence-electron chi connectivity index (χ1n) is 6.32. The molecule has 3 rings (SSSR count). The molecule has 19 heavy (non-hydrogen) atoms. The standard InChI is InChI=1S/C17H14FN/c18-17(16-10-4-5-12-19-16)11-6-9-15(13-17)14-7-2-1-3-8-14/h1-12H,13H2. The molecule has 94 valence electrons. The van der Waals surface area contributed by atoms with Crippen molar-refractivity contribution in [1.29, 1.82) is 0 Å². The lowest BCUT2D eigenvalue weighted by atomic mass is 9.85. The quantitative estimate of drug-likeness (QED) is 0.776. The molecule has 0 bridgehead atoms. The molecule has 2 aromatic rings. The number of halogens is 1. The van der Waals surface area contributed by atoms with Crippen molar-refractivity contribution in [3.8, 4) is 0 Å². The van der Waals surface area contributed by atoms with E-state index >= 15 is 4.39 Å². The Kier molecular flexibility index (Phi) is 3.00. The van der Waals surface area contributed by atoms with Gasteiger partial charge in [0.2, 0.25) is 0 Å². The highest BCUT2D eigenvalue weighted by Gasteiger charge is 2.33. The summed E-state index contributed by atoms with van der Waals surface area (Å²) in [6.07, 6.45) is 7.29. The van der Waals surface area contributed by atoms with Crippen LogP contribution in [0.3, 0.4) is 0 Å². The van der Waals surface area contributed by atoms with Crippen LogP contribution < -0.4 is 0 Å². The van der Waals surface area contributed by atoms with Crippen molar-refractivity contribution in [2.75, 3.05) is 0 Å². The number of aromatic nitrogens is 1. The van der Waals surface area contributed by atoms with E-state index in [1.54, 1.807) is 30.5 Å². The van der Waals surface area contributed by atoms with Crippen LogP contribution in [0.2, 0.25) is 0 Å². The van der Waals surface area contributed by atoms with Crippen molar-refractivity contribution in [2.24, 2.45) is 0 Å². The molecule has 0 amide bonds. The fourth-order valence-corrected chi connectivity index (χ4v) is 2.35. The van der Waals surface area contributed by atoms with Gasteiger partial charge in [0, 0.05) is 12.6 Å². The lowest BCUT2D eigenvalue weighted by molar-refractivity contribution is 0.232. The molecule has 0 spiro atoms. The van der Waals surface area contributed by atoms with Crippen molar-refractivity contribution >= 4 is 5.57 Å². The van der Waals surface area contributed by atoms with Gasteiger partial charge in [-0.05, 0) is 29.3 Å². The van der Waals surface area contributed by atoms with Crippen LogP contribution in [0.5, 0.6) is 0 Å². The Morgan fingerprint density at radius 2 is 1.79 bits per heavy atom. The Balaban J connectivity index is 1.94. The maximum absolute atomic E-state index is 15.1. The summed E-state index contributed by atoms with van der Waals surface area (Å²) in [5.41, 5.74) is 1.01. The number of rotatable bonds is 2. The van der Waals surface area contributed by atoms with Crippen LogP contribution in [0.15, 0.2) is 73.0 Å². The second-order valence-electron chi connectivity index (χ2n) is 4.67. The van der Waals surface area contributed by atoms with Crippen LogP contribution in [0, 0.1) is 0 Å². The van der Waals surface area contributed by atoms with E-state index in [1.807, 2.05) is 42.5 Å². The highest BCUT2D eigenvalue weighted by Crippen LogP contribution is 2.39. The van der Waals surface area contributed by atoms with Crippen LogP contribution in [-0.2, 0) is 5.67 Å². The van der Waals surface area contributed by atoms with Crippen molar-refractivity contribution in [2.45, 2.75) is 12.1 Å². The lowest BCUT2D eigenvalue weighted by Crippen LogP contribution is -2.21. The van der Waals surface area contributed by atoms with Crippen LogP contribution in [0.1, 0.15) is 17.7 Å². The topological polar surface area (TPSA) is 12.9 Å². The molecule has 2 heteroatoms. The summed E-state index contributed by atoms with van der Waals surface area (Å²) >= 11 is 0. The van der Waals surface area contributed by atoms with Crippen molar-refractivity contribution in [1.82, 2.24) is 4.98 Å². The van der Waals surface area contributed by atoms with Gasteiger partial charge in [0.1, 0.15) is 0 Å². The number of pyridine rings is 1. The minimum Gasteiger partial charge on any atom is -0.258 e. The van der Waals surface area contributed by atoms with Crippen LogP contribution in [0.25, 0.3) is 5.57 Å². The predicted molar refractivity (Wildman–Crippen MR) is 75.2 cm³/mol. The maximum atomic E-state index is 15.1. The van der Waals surface area contributed by atoms with E-state index in [1.165, 1.54) is 0 Å². The molecule has 0 radical (unpaired) electrons. The summed E-state index contributed by atoms with van der Waals surface area (Å²) in [5.74, 6) is 0. The molecule has 1 aliphatic carbocycles. The molecule has 1 aromatic carbocycles. The van der Waals surface area contributed by atoms with E-state index in [0.717, 1.165) is 11.1 Å². The van der Waals surface area contributed by atoms with Gasteiger partial charge in [-0.3, -0.25) is 4.98 Å². The molecule has 1 aromatic heterocycles. The molecular formula is C17H14FN. The van der Waals surface area contributed by atoms with Gasteiger partial charge in [0.15, 0.2) is 5.67 Å². The molecular weight excluding hydrogens is 237 g/mol. The van der Waals surface area contributed by atoms with Gasteiger partial charge in [-0.25, -0.2) is 4.39 Å². The number of benzene rings is 1. The zero-order valence-electron chi connectivity index (χ0n) is 10.5. The normalized spacial score (nSPS) is 22.1. The van der Waals surface area contributed by atoms with Crippen molar-refractivity contribution < 1.29 is 4.39 Å². The van der Waals surface area contributed by atoms with E-state index in [9.17, 15) is 0 Å². The largest absolute Gasteiger partial charge is 0.258 e. The third-order valence-electron chi connectivity index (χ3n) is 3.34. The van der Waals surface area contributed by atoms with E-state index in [4.69, 9.17) is 0 Å². The van der Waals surface area contributed by atoms with Gasteiger partial charge in [0.05, 0.1) is 5.69 Å². The highest BCUT2D eigenvalue weighted by molar-refractivity contribution is 5.70. The molecule has 0 saturated heterocycles.